The van der Waals surface area contributed by atoms with Crippen LogP contribution < -0.4 is 0 Å². The zero-order chi connectivity index (χ0) is 14.7. The number of rotatable bonds is 3. The quantitative estimate of drug-likeness (QED) is 0.502. The lowest BCUT2D eigenvalue weighted by Crippen LogP contribution is -1.93. The molecule has 0 unspecified atom stereocenters. The summed E-state index contributed by atoms with van der Waals surface area (Å²) in [5.74, 6) is 0. The number of nitro benzene ring substituents is 1. The molecule has 0 bridgehead atoms. The highest BCUT2D eigenvalue weighted by molar-refractivity contribution is 5.87. The van der Waals surface area contributed by atoms with Gasteiger partial charge in [0.25, 0.3) is 5.69 Å². The minimum Gasteiger partial charge on any atom is -0.258 e. The zero-order valence-electron chi connectivity index (χ0n) is 11.3. The van der Waals surface area contributed by atoms with Gasteiger partial charge in [-0.3, -0.25) is 10.1 Å². The Morgan fingerprint density at radius 3 is 1.81 bits per heavy atom. The van der Waals surface area contributed by atoms with Gasteiger partial charge in [0.1, 0.15) is 0 Å². The molecule has 0 spiro atoms. The third-order valence-electron chi connectivity index (χ3n) is 3.40. The van der Waals surface area contributed by atoms with Crippen molar-refractivity contribution >= 4 is 5.69 Å². The van der Waals surface area contributed by atoms with E-state index in [-0.39, 0.29) is 10.6 Å². The molecule has 0 aliphatic rings. The summed E-state index contributed by atoms with van der Waals surface area (Å²) in [6.07, 6.45) is 0. The van der Waals surface area contributed by atoms with Crippen LogP contribution in [0.4, 0.5) is 5.69 Å². The summed E-state index contributed by atoms with van der Waals surface area (Å²) in [6, 6.07) is 24.5. The third kappa shape index (κ3) is 2.54. The Balaban J connectivity index is 2.24. The molecule has 21 heavy (non-hydrogen) atoms. The van der Waals surface area contributed by atoms with Crippen LogP contribution in [0.15, 0.2) is 78.9 Å². The highest BCUT2D eigenvalue weighted by Crippen LogP contribution is 2.36. The van der Waals surface area contributed by atoms with Crippen molar-refractivity contribution in [3.63, 3.8) is 0 Å². The highest BCUT2D eigenvalue weighted by atomic mass is 16.6. The molecule has 3 rings (SSSR count). The molecule has 0 N–H and O–H groups in total. The second kappa shape index (κ2) is 5.59. The average molecular weight is 275 g/mol. The smallest absolute Gasteiger partial charge is 0.258 e. The van der Waals surface area contributed by atoms with E-state index in [1.807, 2.05) is 60.7 Å². The van der Waals surface area contributed by atoms with E-state index in [0.29, 0.717) is 5.56 Å². The van der Waals surface area contributed by atoms with Crippen LogP contribution in [-0.4, -0.2) is 4.92 Å². The molecule has 0 radical (unpaired) electrons. The van der Waals surface area contributed by atoms with Crippen LogP contribution in [0.3, 0.4) is 0 Å². The summed E-state index contributed by atoms with van der Waals surface area (Å²) < 4.78 is 0. The van der Waals surface area contributed by atoms with Gasteiger partial charge in [-0.15, -0.1) is 0 Å². The lowest BCUT2D eigenvalue weighted by Gasteiger charge is -2.10. The molecule has 3 nitrogen and oxygen atoms in total. The van der Waals surface area contributed by atoms with E-state index in [1.54, 1.807) is 12.1 Å². The van der Waals surface area contributed by atoms with Crippen LogP contribution in [-0.2, 0) is 0 Å². The van der Waals surface area contributed by atoms with Crippen molar-refractivity contribution in [2.24, 2.45) is 0 Å². The van der Waals surface area contributed by atoms with Crippen molar-refractivity contribution in [3.8, 4) is 22.3 Å². The number of benzene rings is 3. The molecule has 0 saturated carbocycles. The number of para-hydroxylation sites is 1. The van der Waals surface area contributed by atoms with E-state index in [0.717, 1.165) is 16.7 Å². The van der Waals surface area contributed by atoms with Crippen LogP contribution in [0.2, 0.25) is 0 Å². The van der Waals surface area contributed by atoms with Crippen molar-refractivity contribution in [3.05, 3.63) is 89.0 Å². The van der Waals surface area contributed by atoms with E-state index >= 15 is 0 Å². The van der Waals surface area contributed by atoms with Gasteiger partial charge in [0.05, 0.1) is 10.5 Å². The van der Waals surface area contributed by atoms with Crippen molar-refractivity contribution in [2.45, 2.75) is 0 Å². The minimum atomic E-state index is -0.336. The fourth-order valence-electron chi connectivity index (χ4n) is 2.45. The van der Waals surface area contributed by atoms with E-state index in [4.69, 9.17) is 0 Å². The molecular formula is C18H13NO2. The van der Waals surface area contributed by atoms with Gasteiger partial charge in [-0.05, 0) is 22.8 Å². The molecule has 0 aliphatic heterocycles. The monoisotopic (exact) mass is 275 g/mol. The van der Waals surface area contributed by atoms with E-state index in [2.05, 4.69) is 0 Å². The van der Waals surface area contributed by atoms with E-state index in [9.17, 15) is 10.1 Å². The van der Waals surface area contributed by atoms with Crippen molar-refractivity contribution in [1.82, 2.24) is 0 Å². The van der Waals surface area contributed by atoms with Crippen LogP contribution in [0.5, 0.6) is 0 Å². The van der Waals surface area contributed by atoms with Gasteiger partial charge >= 0.3 is 0 Å². The molecule has 3 heteroatoms. The fraction of sp³-hybridized carbons (Fsp3) is 0. The Morgan fingerprint density at radius 2 is 1.14 bits per heavy atom. The predicted molar refractivity (Wildman–Crippen MR) is 84.0 cm³/mol. The number of hydrogen-bond acceptors (Lipinski definition) is 2. The van der Waals surface area contributed by atoms with Gasteiger partial charge in [-0.1, -0.05) is 66.7 Å². The average Bonchev–Trinajstić information content (AvgIpc) is 2.55. The highest BCUT2D eigenvalue weighted by Gasteiger charge is 2.16. The first-order valence-electron chi connectivity index (χ1n) is 6.65. The van der Waals surface area contributed by atoms with Crippen LogP contribution in [0, 0.1) is 10.1 Å². The first-order valence-corrected chi connectivity index (χ1v) is 6.65. The molecular weight excluding hydrogens is 262 g/mol. The van der Waals surface area contributed by atoms with Gasteiger partial charge in [0.15, 0.2) is 0 Å². The van der Waals surface area contributed by atoms with Crippen LogP contribution in [0.1, 0.15) is 0 Å². The minimum absolute atomic E-state index is 0.126. The summed E-state index contributed by atoms with van der Waals surface area (Å²) in [5, 5.41) is 11.2. The normalized spacial score (nSPS) is 10.3. The first-order chi connectivity index (χ1) is 10.3. The van der Waals surface area contributed by atoms with E-state index in [1.165, 1.54) is 6.07 Å². The van der Waals surface area contributed by atoms with Gasteiger partial charge in [0, 0.05) is 6.07 Å². The second-order valence-corrected chi connectivity index (χ2v) is 4.69. The molecule has 0 saturated heterocycles. The Hall–Kier alpha value is -2.94. The molecule has 3 aromatic rings. The Morgan fingerprint density at radius 1 is 0.619 bits per heavy atom. The fourth-order valence-corrected chi connectivity index (χ4v) is 2.45. The van der Waals surface area contributed by atoms with Gasteiger partial charge in [0.2, 0.25) is 0 Å². The van der Waals surface area contributed by atoms with Gasteiger partial charge in [-0.2, -0.15) is 0 Å². The lowest BCUT2D eigenvalue weighted by molar-refractivity contribution is -0.384. The van der Waals surface area contributed by atoms with Crippen molar-refractivity contribution < 1.29 is 4.92 Å². The Labute approximate surface area is 122 Å². The van der Waals surface area contributed by atoms with Crippen LogP contribution >= 0.6 is 0 Å². The standard InChI is InChI=1S/C18H13NO2/c20-19(21)18-13-7-6-12-17(18)16-11-5-4-10-15(16)14-8-2-1-3-9-14/h1-13H. The molecule has 0 aliphatic carbocycles. The third-order valence-corrected chi connectivity index (χ3v) is 3.40. The van der Waals surface area contributed by atoms with Crippen LogP contribution in [0.25, 0.3) is 22.3 Å². The maximum Gasteiger partial charge on any atom is 0.277 e. The number of nitro groups is 1. The van der Waals surface area contributed by atoms with Crippen molar-refractivity contribution in [2.75, 3.05) is 0 Å². The number of hydrogen-bond donors (Lipinski definition) is 0. The summed E-state index contributed by atoms with van der Waals surface area (Å²) in [7, 11) is 0. The van der Waals surface area contributed by atoms with E-state index < -0.39 is 0 Å². The lowest BCUT2D eigenvalue weighted by atomic mass is 9.94. The second-order valence-electron chi connectivity index (χ2n) is 4.69. The molecule has 102 valence electrons. The van der Waals surface area contributed by atoms with Gasteiger partial charge in [-0.25, -0.2) is 0 Å². The predicted octanol–water partition coefficient (Wildman–Crippen LogP) is 4.93. The Kier molecular flexibility index (Phi) is 3.48. The molecule has 0 fully saturated rings. The molecule has 0 aromatic heterocycles. The molecule has 3 aromatic carbocycles. The summed E-state index contributed by atoms with van der Waals surface area (Å²) >= 11 is 0. The summed E-state index contributed by atoms with van der Waals surface area (Å²) in [5.41, 5.74) is 3.68. The number of nitrogens with zero attached hydrogens (tertiary/aromatic N) is 1. The van der Waals surface area contributed by atoms with Gasteiger partial charge < -0.3 is 0 Å². The molecule has 0 atom stereocenters. The molecule has 0 amide bonds. The largest absolute Gasteiger partial charge is 0.277 e. The summed E-state index contributed by atoms with van der Waals surface area (Å²) in [6.45, 7) is 0. The topological polar surface area (TPSA) is 43.1 Å². The van der Waals surface area contributed by atoms with Crippen molar-refractivity contribution in [1.29, 1.82) is 0 Å². The maximum atomic E-state index is 11.2. The summed E-state index contributed by atoms with van der Waals surface area (Å²) in [4.78, 5) is 10.9. The Bertz CT molecular complexity index is 782. The molecule has 0 heterocycles. The first kappa shape index (κ1) is 13.1. The zero-order valence-corrected chi connectivity index (χ0v) is 11.3. The maximum absolute atomic E-state index is 11.2. The SMILES string of the molecule is O=[N+]([O-])c1ccccc1-c1ccccc1-c1ccccc1.